The molecule has 1 atom stereocenters. The summed E-state index contributed by atoms with van der Waals surface area (Å²) in [5.41, 5.74) is 0. The molecule has 4 heteroatoms. The van der Waals surface area contributed by atoms with E-state index < -0.39 is 7.66 Å². The normalized spacial score (nSPS) is 8.25. The van der Waals surface area contributed by atoms with Gasteiger partial charge in [-0.2, -0.15) is 0 Å². The summed E-state index contributed by atoms with van der Waals surface area (Å²) in [6.45, 7) is 0. The van der Waals surface area contributed by atoms with Crippen molar-refractivity contribution in [3.63, 3.8) is 0 Å². The number of rotatable bonds is 1. The van der Waals surface area contributed by atoms with Crippen LogP contribution in [0.4, 0.5) is 0 Å². The first kappa shape index (κ1) is 4.74. The minimum atomic E-state index is -0.427. The molecule has 0 spiro atoms. The molecule has 0 rings (SSSR count). The van der Waals surface area contributed by atoms with Gasteiger partial charge in [-0.05, 0) is 0 Å². The first-order valence-corrected chi connectivity index (χ1v) is 3.84. The van der Waals surface area contributed by atoms with E-state index in [1.165, 1.54) is 0 Å². The smallest absolute Gasteiger partial charge is 0.0609 e. The maximum Gasteiger partial charge on any atom is 0.413 e. The minimum absolute atomic E-state index is 0.427. The Morgan fingerprint density at radius 1 is 2.00 bits per heavy atom. The standard InChI is InChI=1S/ClOPS/c1-4-3-2/p+1. The molecule has 0 aliphatic rings. The highest BCUT2D eigenvalue weighted by Crippen LogP contribution is 2.20. The molecule has 0 radical (unpaired) electrons. The first-order valence-electron chi connectivity index (χ1n) is 0.563. The van der Waals surface area contributed by atoms with Gasteiger partial charge in [0.05, 0.1) is 0 Å². The predicted octanol–water partition coefficient (Wildman–Crippen LogP) is 1.81. The van der Waals surface area contributed by atoms with Gasteiger partial charge in [-0.25, -0.2) is 0 Å². The molecule has 1 unspecified atom stereocenters. The second-order valence-electron chi connectivity index (χ2n) is 0.160. The Labute approximate surface area is 34.2 Å². The zero-order valence-corrected chi connectivity index (χ0v) is 4.27. The molecule has 0 heterocycles. The molecular formula is HClOPS+. The van der Waals surface area contributed by atoms with Crippen molar-refractivity contribution in [2.45, 2.75) is 0 Å². The molecule has 0 fully saturated rings. The van der Waals surface area contributed by atoms with E-state index >= 15 is 0 Å². The first-order chi connectivity index (χ1) is 1.91. The van der Waals surface area contributed by atoms with Gasteiger partial charge in [0.25, 0.3) is 0 Å². The zero-order chi connectivity index (χ0) is 3.41. The third kappa shape index (κ3) is 2.74. The van der Waals surface area contributed by atoms with Crippen LogP contribution in [0.15, 0.2) is 0 Å². The van der Waals surface area contributed by atoms with Crippen molar-refractivity contribution in [2.75, 3.05) is 0 Å². The van der Waals surface area contributed by atoms with E-state index in [1.54, 1.807) is 0 Å². The summed E-state index contributed by atoms with van der Waals surface area (Å²) in [5, 5.41) is 0. The zero-order valence-electron chi connectivity index (χ0n) is 1.69. The van der Waals surface area contributed by atoms with Gasteiger partial charge in [-0.15, -0.1) is 0 Å². The SMILES string of the molecule is O=[PH+]SCl. The fraction of sp³-hybridized carbons (Fsp3) is 0. The van der Waals surface area contributed by atoms with Gasteiger partial charge in [-0.1, -0.05) is 4.57 Å². The summed E-state index contributed by atoms with van der Waals surface area (Å²) < 4.78 is 9.16. The largest absolute Gasteiger partial charge is 0.413 e. The Morgan fingerprint density at radius 2 is 2.25 bits per heavy atom. The number of hydrogen-bond acceptors (Lipinski definition) is 2. The van der Waals surface area contributed by atoms with Gasteiger partial charge < -0.3 is 0 Å². The molecule has 0 N–H and O–H groups in total. The van der Waals surface area contributed by atoms with Gasteiger partial charge in [-0.3, -0.25) is 0 Å². The van der Waals surface area contributed by atoms with Crippen molar-refractivity contribution in [3.05, 3.63) is 0 Å². The summed E-state index contributed by atoms with van der Waals surface area (Å²) in [5.74, 6) is 0. The fourth-order valence-corrected chi connectivity index (χ4v) is 0. The summed E-state index contributed by atoms with van der Waals surface area (Å²) >= 11 is 0. The molecule has 0 bridgehead atoms. The molecule has 0 saturated carbocycles. The third-order valence-corrected chi connectivity index (χ3v) is 0.850. The molecule has 0 aliphatic carbocycles. The quantitative estimate of drug-likeness (QED) is 0.485. The fourth-order valence-electron chi connectivity index (χ4n) is 0. The van der Waals surface area contributed by atoms with Crippen molar-refractivity contribution in [3.8, 4) is 0 Å². The topological polar surface area (TPSA) is 17.1 Å². The van der Waals surface area contributed by atoms with Crippen molar-refractivity contribution >= 4 is 28.9 Å². The highest BCUT2D eigenvalue weighted by molar-refractivity contribution is 8.58. The summed E-state index contributed by atoms with van der Waals surface area (Å²) in [6.07, 6.45) is 0. The lowest BCUT2D eigenvalue weighted by Gasteiger charge is -1.30. The highest BCUT2D eigenvalue weighted by Gasteiger charge is 1.75. The summed E-state index contributed by atoms with van der Waals surface area (Å²) in [4.78, 5) is 0. The molecule has 0 aromatic rings. The van der Waals surface area contributed by atoms with E-state index in [4.69, 9.17) is 15.2 Å². The maximum absolute atomic E-state index is 9.16. The lowest BCUT2D eigenvalue weighted by Crippen LogP contribution is -0.890. The van der Waals surface area contributed by atoms with Crippen LogP contribution >= 0.6 is 28.9 Å². The minimum Gasteiger partial charge on any atom is -0.0609 e. The molecule has 4 heavy (non-hydrogen) atoms. The van der Waals surface area contributed by atoms with E-state index in [1.807, 2.05) is 0 Å². The van der Waals surface area contributed by atoms with E-state index in [-0.39, 0.29) is 0 Å². The van der Waals surface area contributed by atoms with Gasteiger partial charge in [0.1, 0.15) is 0 Å². The third-order valence-electron chi connectivity index (χ3n) is 0.0315. The van der Waals surface area contributed by atoms with Crippen LogP contribution in [0.1, 0.15) is 0 Å². The van der Waals surface area contributed by atoms with Crippen LogP contribution in [-0.4, -0.2) is 0 Å². The van der Waals surface area contributed by atoms with Crippen LogP contribution in [0, 0.1) is 0 Å². The lowest BCUT2D eigenvalue weighted by molar-refractivity contribution is 0.605. The van der Waals surface area contributed by atoms with Crippen LogP contribution in [0.2, 0.25) is 0 Å². The second kappa shape index (κ2) is 3.74. The highest BCUT2D eigenvalue weighted by atomic mass is 35.7. The van der Waals surface area contributed by atoms with Crippen molar-refractivity contribution in [1.29, 1.82) is 0 Å². The molecule has 0 aromatic heterocycles. The second-order valence-corrected chi connectivity index (χ2v) is 2.83. The Bertz CT molecular complexity index is 22.0. The number of halogens is 1. The van der Waals surface area contributed by atoms with Crippen LogP contribution in [-0.2, 0) is 4.57 Å². The van der Waals surface area contributed by atoms with Gasteiger partial charge in [0, 0.05) is 10.7 Å². The van der Waals surface area contributed by atoms with Crippen molar-refractivity contribution in [2.24, 2.45) is 0 Å². The molecule has 0 amide bonds. The Morgan fingerprint density at radius 3 is 2.25 bits per heavy atom. The maximum atomic E-state index is 9.16. The molecule has 1 nitrogen and oxygen atoms in total. The summed E-state index contributed by atoms with van der Waals surface area (Å²) in [6, 6.07) is 0. The Hall–Kier alpha value is 0.740. The average Bonchev–Trinajstić information content (AvgIpc) is 1.37. The molecule has 24 valence electrons. The van der Waals surface area contributed by atoms with Crippen LogP contribution in [0.5, 0.6) is 0 Å². The predicted molar refractivity (Wildman–Crippen MR) is 22.4 cm³/mol. The Kier molecular flexibility index (Phi) is 4.43. The van der Waals surface area contributed by atoms with Crippen molar-refractivity contribution in [1.82, 2.24) is 0 Å². The van der Waals surface area contributed by atoms with Crippen LogP contribution in [0.3, 0.4) is 0 Å². The van der Waals surface area contributed by atoms with Crippen molar-refractivity contribution < 1.29 is 4.57 Å². The molecular weight excluding hydrogens is 114 g/mol. The van der Waals surface area contributed by atoms with Crippen LogP contribution < -0.4 is 0 Å². The van der Waals surface area contributed by atoms with E-state index in [0.29, 0.717) is 0 Å². The van der Waals surface area contributed by atoms with E-state index in [9.17, 15) is 0 Å². The molecule has 0 aromatic carbocycles. The monoisotopic (exact) mass is 115 g/mol. The summed E-state index contributed by atoms with van der Waals surface area (Å²) in [7, 11) is 5.18. The van der Waals surface area contributed by atoms with Gasteiger partial charge in [0.2, 0.25) is 10.6 Å². The van der Waals surface area contributed by atoms with Crippen LogP contribution in [0.25, 0.3) is 0 Å². The van der Waals surface area contributed by atoms with E-state index in [2.05, 4.69) is 0 Å². The van der Waals surface area contributed by atoms with E-state index in [0.717, 1.165) is 10.6 Å². The lowest BCUT2D eigenvalue weighted by atomic mass is 16.0. The number of hydrogen-bond donors (Lipinski definition) is 0. The molecule has 0 saturated heterocycles. The van der Waals surface area contributed by atoms with Gasteiger partial charge >= 0.3 is 7.66 Å². The Balaban J connectivity index is 2.30. The average molecular weight is 116 g/mol. The molecule has 0 aliphatic heterocycles. The van der Waals surface area contributed by atoms with Gasteiger partial charge in [0.15, 0.2) is 0 Å².